The lowest BCUT2D eigenvalue weighted by Gasteiger charge is -2.36. The number of carbonyl (C=O) groups is 2. The van der Waals surface area contributed by atoms with E-state index in [1.807, 2.05) is 57.3 Å². The number of Topliss-reactive ketones (excluding diaryl/α,β-unsaturated/α-hetero) is 1. The lowest BCUT2D eigenvalue weighted by molar-refractivity contribution is 0.100. The van der Waals surface area contributed by atoms with Crippen LogP contribution in [0, 0.1) is 0 Å². The summed E-state index contributed by atoms with van der Waals surface area (Å²) >= 11 is 0. The van der Waals surface area contributed by atoms with Gasteiger partial charge in [0.05, 0.1) is 17.9 Å². The Morgan fingerprint density at radius 3 is 2.48 bits per heavy atom. The van der Waals surface area contributed by atoms with Crippen molar-refractivity contribution in [3.8, 4) is 5.75 Å². The highest BCUT2D eigenvalue weighted by atomic mass is 16.5. The van der Waals surface area contributed by atoms with Crippen LogP contribution in [0.1, 0.15) is 112 Å². The second kappa shape index (κ2) is 10.5. The molecule has 4 aromatic rings. The first-order valence-corrected chi connectivity index (χ1v) is 14.6. The third-order valence-corrected chi connectivity index (χ3v) is 8.44. The van der Waals surface area contributed by atoms with Crippen molar-refractivity contribution in [1.82, 2.24) is 29.9 Å². The fraction of sp³-hybridized carbons (Fsp3) is 0.438. The van der Waals surface area contributed by atoms with E-state index in [1.165, 1.54) is 13.3 Å². The number of nitrogens with zero attached hydrogens (tertiary/aromatic N) is 5. The highest BCUT2D eigenvalue weighted by Crippen LogP contribution is 2.43. The van der Waals surface area contributed by atoms with Gasteiger partial charge in [-0.2, -0.15) is 0 Å². The van der Waals surface area contributed by atoms with Gasteiger partial charge in [0.1, 0.15) is 23.5 Å². The smallest absolute Gasteiger partial charge is 0.320 e. The highest BCUT2D eigenvalue weighted by molar-refractivity contribution is 5.92. The van der Waals surface area contributed by atoms with E-state index >= 15 is 0 Å². The zero-order chi connectivity index (χ0) is 29.6. The van der Waals surface area contributed by atoms with E-state index in [9.17, 15) is 9.59 Å². The molecule has 3 heterocycles. The van der Waals surface area contributed by atoms with Crippen LogP contribution in [0.15, 0.2) is 48.7 Å². The van der Waals surface area contributed by atoms with Crippen LogP contribution in [0.2, 0.25) is 0 Å². The number of ether oxygens (including phenoxy) is 1. The van der Waals surface area contributed by atoms with Crippen molar-refractivity contribution in [1.29, 1.82) is 0 Å². The Balaban J connectivity index is 1.19. The van der Waals surface area contributed by atoms with E-state index in [2.05, 4.69) is 48.2 Å². The van der Waals surface area contributed by atoms with Crippen molar-refractivity contribution < 1.29 is 14.3 Å². The number of pyridine rings is 1. The molecular weight excluding hydrogens is 530 g/mol. The average Bonchev–Trinajstić information content (AvgIpc) is 3.36. The zero-order valence-corrected chi connectivity index (χ0v) is 24.8. The Hall–Kier alpha value is -4.34. The Bertz CT molecular complexity index is 1670. The van der Waals surface area contributed by atoms with Gasteiger partial charge in [-0.1, -0.05) is 58.4 Å². The van der Waals surface area contributed by atoms with E-state index in [0.29, 0.717) is 17.9 Å². The summed E-state index contributed by atoms with van der Waals surface area (Å²) in [6, 6.07) is 13.1. The second-order valence-electron chi connectivity index (χ2n) is 12.8. The van der Waals surface area contributed by atoms with Crippen LogP contribution in [0.3, 0.4) is 0 Å². The van der Waals surface area contributed by atoms with Crippen molar-refractivity contribution in [3.63, 3.8) is 0 Å². The molecule has 2 amide bonds. The molecule has 2 aliphatic rings. The molecule has 1 fully saturated rings. The molecule has 2 N–H and O–H groups in total. The molecule has 2 aliphatic carbocycles. The van der Waals surface area contributed by atoms with Gasteiger partial charge in [0.25, 0.3) is 0 Å². The molecule has 3 aromatic heterocycles. The average molecular weight is 568 g/mol. The van der Waals surface area contributed by atoms with Crippen LogP contribution in [-0.4, -0.2) is 36.4 Å². The molecule has 0 spiro atoms. The number of benzene rings is 1. The summed E-state index contributed by atoms with van der Waals surface area (Å²) in [6.45, 7) is 9.66. The van der Waals surface area contributed by atoms with Gasteiger partial charge in [-0.3, -0.25) is 14.5 Å². The monoisotopic (exact) mass is 567 g/mol. The lowest BCUT2D eigenvalue weighted by atomic mass is 9.70. The largest absolute Gasteiger partial charge is 0.484 e. The minimum absolute atomic E-state index is 0.0582. The van der Waals surface area contributed by atoms with E-state index in [0.717, 1.165) is 47.6 Å². The minimum Gasteiger partial charge on any atom is -0.484 e. The van der Waals surface area contributed by atoms with Gasteiger partial charge < -0.3 is 10.1 Å². The fourth-order valence-electron chi connectivity index (χ4n) is 5.83. The van der Waals surface area contributed by atoms with Gasteiger partial charge in [0, 0.05) is 23.8 Å². The summed E-state index contributed by atoms with van der Waals surface area (Å²) in [5.41, 5.74) is 3.30. The molecule has 1 aromatic carbocycles. The standard InChI is InChI=1S/C32H37N7O3/c1-19(40)28-34-25(31(2,3)4)17-26(35-28)36-30(41)33-23-12-13-24(22-10-7-6-9-21(22)23)42-20-11-14-27-37-38-29(39(27)18-20)32(5)15-8-16-32/h6-7,9-11,14,17-18,23-24H,8,12-13,15-16H2,1-5H3,(H2,33,34,35,36,41)/t23-,24+/m0/s1. The number of ketones is 1. The molecule has 42 heavy (non-hydrogen) atoms. The Kier molecular flexibility index (Phi) is 6.95. The maximum atomic E-state index is 13.1. The normalized spacial score (nSPS) is 19.5. The molecule has 0 bridgehead atoms. The summed E-state index contributed by atoms with van der Waals surface area (Å²) in [5.74, 6) is 1.87. The number of urea groups is 1. The maximum Gasteiger partial charge on any atom is 0.320 e. The molecule has 2 atom stereocenters. The topological polar surface area (TPSA) is 123 Å². The quantitative estimate of drug-likeness (QED) is 0.264. The second-order valence-corrected chi connectivity index (χ2v) is 12.8. The number of hydrogen-bond donors (Lipinski definition) is 2. The SMILES string of the molecule is CC(=O)c1nc(NC(=O)N[C@H]2CC[C@@H](Oc3ccc4nnc(C5(C)CCC5)n4c3)c3ccccc32)cc(C(C)(C)C)n1. The molecule has 0 aliphatic heterocycles. The molecule has 0 unspecified atom stereocenters. The molecule has 10 heteroatoms. The number of aromatic nitrogens is 5. The summed E-state index contributed by atoms with van der Waals surface area (Å²) in [6.07, 6.45) is 6.70. The predicted molar refractivity (Wildman–Crippen MR) is 159 cm³/mol. The van der Waals surface area contributed by atoms with Crippen molar-refractivity contribution in [2.24, 2.45) is 0 Å². The Morgan fingerprint density at radius 2 is 1.79 bits per heavy atom. The van der Waals surface area contributed by atoms with Crippen molar-refractivity contribution in [2.75, 3.05) is 5.32 Å². The molecule has 10 nitrogen and oxygen atoms in total. The van der Waals surface area contributed by atoms with Gasteiger partial charge in [-0.25, -0.2) is 14.8 Å². The van der Waals surface area contributed by atoms with Crippen LogP contribution < -0.4 is 15.4 Å². The zero-order valence-electron chi connectivity index (χ0n) is 24.8. The Morgan fingerprint density at radius 1 is 1.02 bits per heavy atom. The van der Waals surface area contributed by atoms with Crippen LogP contribution in [-0.2, 0) is 10.8 Å². The Labute approximate surface area is 245 Å². The first-order chi connectivity index (χ1) is 20.0. The van der Waals surface area contributed by atoms with Crippen LogP contribution in [0.5, 0.6) is 5.75 Å². The third-order valence-electron chi connectivity index (χ3n) is 8.44. The number of amides is 2. The van der Waals surface area contributed by atoms with E-state index in [-0.39, 0.29) is 34.6 Å². The first kappa shape index (κ1) is 27.8. The van der Waals surface area contributed by atoms with E-state index in [1.54, 1.807) is 6.07 Å². The minimum atomic E-state index is -0.391. The summed E-state index contributed by atoms with van der Waals surface area (Å²) in [4.78, 5) is 33.8. The molecule has 0 saturated heterocycles. The summed E-state index contributed by atoms with van der Waals surface area (Å²) < 4.78 is 8.62. The number of fused-ring (bicyclic) bond motifs is 2. The molecule has 0 radical (unpaired) electrons. The number of carbonyl (C=O) groups excluding carboxylic acids is 2. The van der Waals surface area contributed by atoms with Gasteiger partial charge in [0.15, 0.2) is 17.3 Å². The fourth-order valence-corrected chi connectivity index (χ4v) is 5.83. The van der Waals surface area contributed by atoms with Gasteiger partial charge in [-0.15, -0.1) is 10.2 Å². The van der Waals surface area contributed by atoms with Crippen molar-refractivity contribution in [3.05, 3.63) is 77.1 Å². The van der Waals surface area contributed by atoms with Crippen LogP contribution in [0.4, 0.5) is 10.6 Å². The number of hydrogen-bond acceptors (Lipinski definition) is 7. The highest BCUT2D eigenvalue weighted by Gasteiger charge is 2.38. The molecule has 6 rings (SSSR count). The molecule has 1 saturated carbocycles. The lowest BCUT2D eigenvalue weighted by Crippen LogP contribution is -2.36. The number of rotatable bonds is 6. The van der Waals surface area contributed by atoms with Gasteiger partial charge >= 0.3 is 6.03 Å². The number of anilines is 1. The predicted octanol–water partition coefficient (Wildman–Crippen LogP) is 6.24. The summed E-state index contributed by atoms with van der Waals surface area (Å²) in [7, 11) is 0. The van der Waals surface area contributed by atoms with Gasteiger partial charge in [0.2, 0.25) is 0 Å². The van der Waals surface area contributed by atoms with Crippen molar-refractivity contribution >= 4 is 23.3 Å². The van der Waals surface area contributed by atoms with E-state index < -0.39 is 6.03 Å². The first-order valence-electron chi connectivity index (χ1n) is 14.6. The van der Waals surface area contributed by atoms with E-state index in [4.69, 9.17) is 4.74 Å². The van der Waals surface area contributed by atoms with Crippen molar-refractivity contribution in [2.45, 2.75) is 89.7 Å². The molecule has 218 valence electrons. The van der Waals surface area contributed by atoms with Gasteiger partial charge in [-0.05, 0) is 48.9 Å². The van der Waals surface area contributed by atoms with Crippen LogP contribution >= 0.6 is 0 Å². The number of nitrogens with one attached hydrogen (secondary N) is 2. The summed E-state index contributed by atoms with van der Waals surface area (Å²) in [5, 5.41) is 14.8. The molecular formula is C32H37N7O3. The van der Waals surface area contributed by atoms with Crippen LogP contribution in [0.25, 0.3) is 5.65 Å². The maximum absolute atomic E-state index is 13.1. The third kappa shape index (κ3) is 5.33.